The van der Waals surface area contributed by atoms with Gasteiger partial charge in [-0.2, -0.15) is 5.10 Å². The zero-order valence-electron chi connectivity index (χ0n) is 20.2. The van der Waals surface area contributed by atoms with Gasteiger partial charge in [-0.1, -0.05) is 20.8 Å². The molecule has 34 heavy (non-hydrogen) atoms. The molecule has 0 saturated heterocycles. The van der Waals surface area contributed by atoms with Crippen molar-refractivity contribution in [2.75, 3.05) is 6.61 Å². The number of nitrogens with one attached hydrogen (secondary N) is 1. The summed E-state index contributed by atoms with van der Waals surface area (Å²) in [5, 5.41) is 7.90. The maximum atomic E-state index is 13.0. The van der Waals surface area contributed by atoms with Crippen molar-refractivity contribution in [2.24, 2.45) is 5.41 Å². The van der Waals surface area contributed by atoms with E-state index in [-0.39, 0.29) is 24.3 Å². The van der Waals surface area contributed by atoms with Crippen LogP contribution in [0.15, 0.2) is 24.4 Å². The van der Waals surface area contributed by atoms with E-state index in [0.717, 1.165) is 23.4 Å². The minimum absolute atomic E-state index is 0.0577. The highest BCUT2D eigenvalue weighted by Gasteiger charge is 2.29. The molecule has 1 N–H and O–H groups in total. The third-order valence-electron chi connectivity index (χ3n) is 5.67. The molecular formula is C25H30N4O4S. The molecule has 8 nitrogen and oxygen atoms in total. The Morgan fingerprint density at radius 2 is 1.97 bits per heavy atom. The van der Waals surface area contributed by atoms with Gasteiger partial charge >= 0.3 is 5.97 Å². The summed E-state index contributed by atoms with van der Waals surface area (Å²) in [6.45, 7) is 9.56. The minimum Gasteiger partial charge on any atom is -0.454 e. The average molecular weight is 483 g/mol. The zero-order chi connectivity index (χ0) is 24.6. The first-order valence-corrected chi connectivity index (χ1v) is 12.3. The van der Waals surface area contributed by atoms with Crippen molar-refractivity contribution in [1.82, 2.24) is 20.1 Å². The smallest absolute Gasteiger partial charge is 0.339 e. The fourth-order valence-corrected chi connectivity index (χ4v) is 4.38. The van der Waals surface area contributed by atoms with Gasteiger partial charge in [0.1, 0.15) is 0 Å². The highest BCUT2D eigenvalue weighted by atomic mass is 32.1. The lowest BCUT2D eigenvalue weighted by Gasteiger charge is -2.17. The first-order valence-electron chi connectivity index (χ1n) is 11.5. The largest absolute Gasteiger partial charge is 0.454 e. The Hall–Kier alpha value is -3.07. The number of pyridine rings is 1. The lowest BCUT2D eigenvalue weighted by Crippen LogP contribution is -2.34. The van der Waals surface area contributed by atoms with E-state index in [4.69, 9.17) is 9.72 Å². The van der Waals surface area contributed by atoms with E-state index < -0.39 is 11.4 Å². The maximum absolute atomic E-state index is 13.0. The summed E-state index contributed by atoms with van der Waals surface area (Å²) in [4.78, 5) is 43.8. The summed E-state index contributed by atoms with van der Waals surface area (Å²) in [6, 6.07) is 5.38. The first kappa shape index (κ1) is 24.1. The van der Waals surface area contributed by atoms with Crippen molar-refractivity contribution >= 4 is 40.0 Å². The summed E-state index contributed by atoms with van der Waals surface area (Å²) in [5.74, 6) is -0.536. The van der Waals surface area contributed by atoms with Crippen molar-refractivity contribution in [3.05, 3.63) is 45.4 Å². The lowest BCUT2D eigenvalue weighted by atomic mass is 9.96. The number of Topliss-reactive ketones (excluding diaryl/α,β-unsaturated/α-hetero) is 1. The molecule has 0 aliphatic heterocycles. The molecule has 3 heterocycles. The molecule has 0 atom stereocenters. The van der Waals surface area contributed by atoms with Crippen LogP contribution in [0.25, 0.3) is 11.0 Å². The second-order valence-electron chi connectivity index (χ2n) is 9.99. The monoisotopic (exact) mass is 482 g/mol. The molecule has 1 saturated carbocycles. The number of hydrogen-bond donors (Lipinski definition) is 1. The van der Waals surface area contributed by atoms with Crippen LogP contribution in [0.5, 0.6) is 0 Å². The SMILES string of the molecule is CC(C)n1ncc2c(C(=O)OCC(=O)c3ccc(CNC(=O)C(C)(C)C)s3)cc(C3CC3)nc21. The average Bonchev–Trinajstić information content (AvgIpc) is 3.36. The molecule has 0 aromatic carbocycles. The number of amides is 1. The summed E-state index contributed by atoms with van der Waals surface area (Å²) in [5.41, 5.74) is 1.45. The van der Waals surface area contributed by atoms with Crippen LogP contribution >= 0.6 is 11.3 Å². The van der Waals surface area contributed by atoms with Crippen molar-refractivity contribution < 1.29 is 19.1 Å². The third-order valence-corrected chi connectivity index (χ3v) is 6.79. The Kier molecular flexibility index (Phi) is 6.58. The number of ketones is 1. The van der Waals surface area contributed by atoms with Crippen LogP contribution in [-0.2, 0) is 16.1 Å². The lowest BCUT2D eigenvalue weighted by molar-refractivity contribution is -0.128. The van der Waals surface area contributed by atoms with Gasteiger partial charge in [0.15, 0.2) is 12.3 Å². The van der Waals surface area contributed by atoms with Crippen molar-refractivity contribution in [3.8, 4) is 0 Å². The van der Waals surface area contributed by atoms with Gasteiger partial charge in [0.05, 0.1) is 28.6 Å². The topological polar surface area (TPSA) is 103 Å². The first-order chi connectivity index (χ1) is 16.0. The second kappa shape index (κ2) is 9.29. The predicted octanol–water partition coefficient (Wildman–Crippen LogP) is 4.65. The molecule has 1 aliphatic carbocycles. The third kappa shape index (κ3) is 5.19. The Morgan fingerprint density at radius 3 is 2.62 bits per heavy atom. The summed E-state index contributed by atoms with van der Waals surface area (Å²) in [6.07, 6.45) is 3.74. The molecular weight excluding hydrogens is 452 g/mol. The minimum atomic E-state index is -0.555. The van der Waals surface area contributed by atoms with Crippen molar-refractivity contribution in [1.29, 1.82) is 0 Å². The Balaban J connectivity index is 1.44. The molecule has 0 bridgehead atoms. The molecule has 180 valence electrons. The second-order valence-corrected chi connectivity index (χ2v) is 11.2. The molecule has 3 aromatic rings. The van der Waals surface area contributed by atoms with Crippen LogP contribution in [-0.4, -0.2) is 39.0 Å². The van der Waals surface area contributed by atoms with Crippen molar-refractivity contribution in [2.45, 2.75) is 66.0 Å². The van der Waals surface area contributed by atoms with E-state index in [0.29, 0.717) is 33.9 Å². The number of hydrogen-bond acceptors (Lipinski definition) is 7. The van der Waals surface area contributed by atoms with E-state index >= 15 is 0 Å². The highest BCUT2D eigenvalue weighted by Crippen LogP contribution is 2.40. The number of carbonyl (C=O) groups excluding carboxylic acids is 3. The number of esters is 1. The molecule has 0 radical (unpaired) electrons. The van der Waals surface area contributed by atoms with Gasteiger partial charge in [-0.25, -0.2) is 14.5 Å². The summed E-state index contributed by atoms with van der Waals surface area (Å²) in [7, 11) is 0. The molecule has 9 heteroatoms. The molecule has 1 fully saturated rings. The van der Waals surface area contributed by atoms with E-state index in [2.05, 4.69) is 10.4 Å². The highest BCUT2D eigenvalue weighted by molar-refractivity contribution is 7.14. The summed E-state index contributed by atoms with van der Waals surface area (Å²) < 4.78 is 7.21. The number of carbonyl (C=O) groups is 3. The van der Waals surface area contributed by atoms with E-state index in [1.807, 2.05) is 34.6 Å². The van der Waals surface area contributed by atoms with Gasteiger partial charge in [0, 0.05) is 27.9 Å². The molecule has 1 aliphatic rings. The molecule has 0 unspecified atom stereocenters. The van der Waals surface area contributed by atoms with Crippen LogP contribution < -0.4 is 5.32 Å². The number of ether oxygens (including phenoxy) is 1. The van der Waals surface area contributed by atoms with Crippen LogP contribution in [0.3, 0.4) is 0 Å². The van der Waals surface area contributed by atoms with Gasteiger partial charge in [-0.15, -0.1) is 11.3 Å². The zero-order valence-corrected chi connectivity index (χ0v) is 21.0. The maximum Gasteiger partial charge on any atom is 0.339 e. The Labute approximate surface area is 202 Å². The van der Waals surface area contributed by atoms with Crippen LogP contribution in [0, 0.1) is 5.41 Å². The van der Waals surface area contributed by atoms with E-state index in [1.165, 1.54) is 11.3 Å². The van der Waals surface area contributed by atoms with Gasteiger partial charge in [-0.3, -0.25) is 9.59 Å². The van der Waals surface area contributed by atoms with Crippen LogP contribution in [0.1, 0.15) is 90.0 Å². The van der Waals surface area contributed by atoms with E-state index in [9.17, 15) is 14.4 Å². The van der Waals surface area contributed by atoms with Gasteiger partial charge in [-0.05, 0) is 44.9 Å². The number of aromatic nitrogens is 3. The molecule has 3 aromatic heterocycles. The van der Waals surface area contributed by atoms with Crippen molar-refractivity contribution in [3.63, 3.8) is 0 Å². The predicted molar refractivity (Wildman–Crippen MR) is 130 cm³/mol. The van der Waals surface area contributed by atoms with Crippen LogP contribution in [0.2, 0.25) is 0 Å². The quantitative estimate of drug-likeness (QED) is 0.370. The molecule has 1 amide bonds. The van der Waals surface area contributed by atoms with Gasteiger partial charge < -0.3 is 10.1 Å². The van der Waals surface area contributed by atoms with Crippen LogP contribution in [0.4, 0.5) is 0 Å². The van der Waals surface area contributed by atoms with E-state index in [1.54, 1.807) is 29.1 Å². The normalized spacial score (nSPS) is 13.9. The summed E-state index contributed by atoms with van der Waals surface area (Å²) >= 11 is 1.29. The molecule has 0 spiro atoms. The standard InChI is InChI=1S/C25H30N4O4S/c1-14(2)29-22-18(12-27-29)17(10-19(28-22)15-6-7-15)23(31)33-13-20(30)21-9-8-16(34-21)11-26-24(32)25(3,4)5/h8-10,12,14-15H,6-7,11,13H2,1-5H3,(H,26,32). The number of nitrogens with zero attached hydrogens (tertiary/aromatic N) is 3. The fraction of sp³-hybridized carbons (Fsp3) is 0.480. The number of thiophene rings is 1. The Morgan fingerprint density at radius 1 is 1.24 bits per heavy atom. The Bertz CT molecular complexity index is 1250. The fourth-order valence-electron chi connectivity index (χ4n) is 3.51. The molecule has 4 rings (SSSR count). The number of fused-ring (bicyclic) bond motifs is 1. The van der Waals surface area contributed by atoms with Gasteiger partial charge in [0.25, 0.3) is 0 Å². The number of rotatable bonds is 8. The van der Waals surface area contributed by atoms with Gasteiger partial charge in [0.2, 0.25) is 11.7 Å².